The minimum absolute atomic E-state index is 0.0917. The molecule has 26 heavy (non-hydrogen) atoms. The predicted molar refractivity (Wildman–Crippen MR) is 104 cm³/mol. The normalized spacial score (nSPS) is 32.1. The van der Waals surface area contributed by atoms with Crippen LogP contribution < -0.4 is 5.32 Å². The Bertz CT molecular complexity index is 778. The van der Waals surface area contributed by atoms with Gasteiger partial charge >= 0.3 is 0 Å². The first-order chi connectivity index (χ1) is 12.6. The summed E-state index contributed by atoms with van der Waals surface area (Å²) in [5, 5.41) is 14.8. The summed E-state index contributed by atoms with van der Waals surface area (Å²) >= 11 is 3.14. The molecule has 2 aromatic heterocycles. The number of carbonyl (C=O) groups excluding carboxylic acids is 1. The number of nitrogens with zero attached hydrogens (tertiary/aromatic N) is 3. The highest BCUT2D eigenvalue weighted by molar-refractivity contribution is 7.99. The zero-order valence-electron chi connectivity index (χ0n) is 15.0. The number of hydrogen-bond acceptors (Lipinski definition) is 5. The predicted octanol–water partition coefficient (Wildman–Crippen LogP) is 3.72. The lowest BCUT2D eigenvalue weighted by Crippen LogP contribution is -2.60. The summed E-state index contributed by atoms with van der Waals surface area (Å²) in [6, 6.07) is 4.06. The van der Waals surface area contributed by atoms with Gasteiger partial charge in [-0.2, -0.15) is 0 Å². The average molecular weight is 389 g/mol. The van der Waals surface area contributed by atoms with Gasteiger partial charge in [0, 0.05) is 12.6 Å². The molecule has 138 valence electrons. The van der Waals surface area contributed by atoms with E-state index in [0.29, 0.717) is 5.75 Å². The van der Waals surface area contributed by atoms with E-state index in [1.807, 2.05) is 29.1 Å². The van der Waals surface area contributed by atoms with Gasteiger partial charge in [-0.05, 0) is 67.7 Å². The molecular formula is C19H24N4OS2. The topological polar surface area (TPSA) is 59.8 Å². The van der Waals surface area contributed by atoms with E-state index in [2.05, 4.69) is 15.5 Å². The fourth-order valence-electron chi connectivity index (χ4n) is 5.79. The van der Waals surface area contributed by atoms with Crippen molar-refractivity contribution in [3.63, 3.8) is 0 Å². The molecular weight excluding hydrogens is 364 g/mol. The lowest BCUT2D eigenvalue weighted by Gasteiger charge is -2.56. The third-order valence-corrected chi connectivity index (χ3v) is 8.24. The van der Waals surface area contributed by atoms with Gasteiger partial charge in [0.2, 0.25) is 5.91 Å². The smallest absolute Gasteiger partial charge is 0.230 e. The number of amides is 1. The SMILES string of the molecule is Cn1c(SCC(=O)NC23CC4CC(CC(C4)C2)C3)nnc1-c1cccs1. The second-order valence-electron chi connectivity index (χ2n) is 8.38. The molecule has 2 heterocycles. The van der Waals surface area contributed by atoms with Crippen molar-refractivity contribution in [2.24, 2.45) is 24.8 Å². The summed E-state index contributed by atoms with van der Waals surface area (Å²) in [5.41, 5.74) is 0.0917. The molecule has 0 aromatic carbocycles. The first-order valence-electron chi connectivity index (χ1n) is 9.47. The molecule has 4 fully saturated rings. The number of aromatic nitrogens is 3. The molecule has 0 atom stereocenters. The first-order valence-corrected chi connectivity index (χ1v) is 11.3. The maximum absolute atomic E-state index is 12.7. The van der Waals surface area contributed by atoms with Gasteiger partial charge in [0.25, 0.3) is 0 Å². The summed E-state index contributed by atoms with van der Waals surface area (Å²) in [5.74, 6) is 3.98. The van der Waals surface area contributed by atoms with Gasteiger partial charge in [-0.1, -0.05) is 17.8 Å². The standard InChI is InChI=1S/C19H24N4OS2/c1-23-17(15-3-2-4-25-15)21-22-18(23)26-11-16(24)20-19-8-12-5-13(9-19)7-14(6-12)10-19/h2-4,12-14H,5-11H2,1H3,(H,20,24). The quantitative estimate of drug-likeness (QED) is 0.793. The van der Waals surface area contributed by atoms with Crippen LogP contribution in [0.15, 0.2) is 22.7 Å². The monoisotopic (exact) mass is 388 g/mol. The Hall–Kier alpha value is -1.34. The van der Waals surface area contributed by atoms with E-state index in [-0.39, 0.29) is 11.4 Å². The molecule has 7 heteroatoms. The van der Waals surface area contributed by atoms with Gasteiger partial charge in [0.05, 0.1) is 10.6 Å². The molecule has 4 saturated carbocycles. The Balaban J connectivity index is 1.22. The zero-order valence-corrected chi connectivity index (χ0v) is 16.6. The van der Waals surface area contributed by atoms with Crippen molar-refractivity contribution in [2.45, 2.75) is 49.2 Å². The lowest BCUT2D eigenvalue weighted by atomic mass is 9.53. The van der Waals surface area contributed by atoms with Crippen molar-refractivity contribution in [1.29, 1.82) is 0 Å². The second kappa shape index (κ2) is 6.37. The maximum Gasteiger partial charge on any atom is 0.230 e. The fourth-order valence-corrected chi connectivity index (χ4v) is 7.24. The van der Waals surface area contributed by atoms with Crippen LogP contribution >= 0.6 is 23.1 Å². The van der Waals surface area contributed by atoms with Crippen LogP contribution in [0.2, 0.25) is 0 Å². The van der Waals surface area contributed by atoms with Gasteiger partial charge in [0.15, 0.2) is 11.0 Å². The van der Waals surface area contributed by atoms with Gasteiger partial charge in [-0.3, -0.25) is 4.79 Å². The summed E-state index contributed by atoms with van der Waals surface area (Å²) in [6.07, 6.45) is 7.78. The minimum Gasteiger partial charge on any atom is -0.350 e. The molecule has 0 radical (unpaired) electrons. The van der Waals surface area contributed by atoms with Crippen LogP contribution in [-0.2, 0) is 11.8 Å². The van der Waals surface area contributed by atoms with Crippen LogP contribution in [0.3, 0.4) is 0 Å². The average Bonchev–Trinajstić information content (AvgIpc) is 3.21. The number of thiophene rings is 1. The molecule has 4 aliphatic carbocycles. The summed E-state index contributed by atoms with van der Waals surface area (Å²) in [4.78, 5) is 13.8. The van der Waals surface area contributed by atoms with Crippen LogP contribution in [0, 0.1) is 17.8 Å². The highest BCUT2D eigenvalue weighted by Crippen LogP contribution is 2.55. The van der Waals surface area contributed by atoms with Gasteiger partial charge < -0.3 is 9.88 Å². The van der Waals surface area contributed by atoms with Crippen molar-refractivity contribution in [3.05, 3.63) is 17.5 Å². The summed E-state index contributed by atoms with van der Waals surface area (Å²) in [7, 11) is 1.97. The van der Waals surface area contributed by atoms with E-state index in [1.54, 1.807) is 11.3 Å². The van der Waals surface area contributed by atoms with E-state index in [9.17, 15) is 4.79 Å². The Kier molecular flexibility index (Phi) is 4.12. The van der Waals surface area contributed by atoms with E-state index in [1.165, 1.54) is 50.3 Å². The highest BCUT2D eigenvalue weighted by atomic mass is 32.2. The third kappa shape index (κ3) is 2.99. The van der Waals surface area contributed by atoms with E-state index < -0.39 is 0 Å². The van der Waals surface area contributed by atoms with Crippen LogP contribution in [0.1, 0.15) is 38.5 Å². The minimum atomic E-state index is 0.0917. The number of rotatable bonds is 5. The molecule has 4 bridgehead atoms. The Morgan fingerprint density at radius 2 is 1.96 bits per heavy atom. The zero-order chi connectivity index (χ0) is 17.7. The van der Waals surface area contributed by atoms with E-state index >= 15 is 0 Å². The molecule has 2 aromatic rings. The molecule has 1 N–H and O–H groups in total. The Morgan fingerprint density at radius 1 is 1.27 bits per heavy atom. The first kappa shape index (κ1) is 16.8. The largest absolute Gasteiger partial charge is 0.350 e. The van der Waals surface area contributed by atoms with Crippen LogP contribution in [0.25, 0.3) is 10.7 Å². The van der Waals surface area contributed by atoms with Crippen molar-refractivity contribution in [1.82, 2.24) is 20.1 Å². The Labute approximate surface area is 162 Å². The van der Waals surface area contributed by atoms with Crippen LogP contribution in [-0.4, -0.2) is 32.0 Å². The van der Waals surface area contributed by atoms with E-state index in [4.69, 9.17) is 0 Å². The molecule has 0 spiro atoms. The molecule has 6 rings (SSSR count). The van der Waals surface area contributed by atoms with Gasteiger partial charge in [0.1, 0.15) is 0 Å². The van der Waals surface area contributed by atoms with Crippen molar-refractivity contribution in [2.75, 3.05) is 5.75 Å². The molecule has 0 aliphatic heterocycles. The molecule has 5 nitrogen and oxygen atoms in total. The summed E-state index contributed by atoms with van der Waals surface area (Å²) < 4.78 is 1.98. The molecule has 4 aliphatic rings. The summed E-state index contributed by atoms with van der Waals surface area (Å²) in [6.45, 7) is 0. The second-order valence-corrected chi connectivity index (χ2v) is 10.3. The van der Waals surface area contributed by atoms with Crippen molar-refractivity contribution in [3.8, 4) is 10.7 Å². The number of nitrogens with one attached hydrogen (secondary N) is 1. The lowest BCUT2D eigenvalue weighted by molar-refractivity contribution is -0.124. The van der Waals surface area contributed by atoms with Gasteiger partial charge in [-0.15, -0.1) is 21.5 Å². The Morgan fingerprint density at radius 3 is 2.58 bits per heavy atom. The number of carbonyl (C=O) groups is 1. The highest BCUT2D eigenvalue weighted by Gasteiger charge is 2.51. The van der Waals surface area contributed by atoms with Crippen molar-refractivity contribution < 1.29 is 4.79 Å². The van der Waals surface area contributed by atoms with E-state index in [0.717, 1.165) is 33.6 Å². The third-order valence-electron chi connectivity index (χ3n) is 6.35. The van der Waals surface area contributed by atoms with Crippen molar-refractivity contribution >= 4 is 29.0 Å². The molecule has 0 saturated heterocycles. The van der Waals surface area contributed by atoms with Crippen LogP contribution in [0.4, 0.5) is 0 Å². The maximum atomic E-state index is 12.7. The number of hydrogen-bond donors (Lipinski definition) is 1. The van der Waals surface area contributed by atoms with Crippen LogP contribution in [0.5, 0.6) is 0 Å². The molecule has 0 unspecified atom stereocenters. The number of thioether (sulfide) groups is 1. The fraction of sp³-hybridized carbons (Fsp3) is 0.632. The van der Waals surface area contributed by atoms with Gasteiger partial charge in [-0.25, -0.2) is 0 Å². The molecule has 1 amide bonds.